The number of benzene rings is 1. The van der Waals surface area contributed by atoms with E-state index in [0.717, 1.165) is 24.1 Å². The zero-order valence-corrected chi connectivity index (χ0v) is 16.5. The van der Waals surface area contributed by atoms with Crippen LogP contribution in [0.2, 0.25) is 5.02 Å². The molecule has 6 nitrogen and oxygen atoms in total. The van der Waals surface area contributed by atoms with Gasteiger partial charge >= 0.3 is 5.97 Å². The Morgan fingerprint density at radius 1 is 1.26 bits per heavy atom. The minimum atomic E-state index is -0.690. The van der Waals surface area contributed by atoms with Crippen molar-refractivity contribution in [2.45, 2.75) is 33.1 Å². The highest BCUT2D eigenvalue weighted by atomic mass is 35.5. The number of nitrogens with zero attached hydrogens (tertiary/aromatic N) is 2. The van der Waals surface area contributed by atoms with Gasteiger partial charge in [0.05, 0.1) is 12.5 Å². The number of esters is 1. The minimum Gasteiger partial charge on any atom is -0.466 e. The summed E-state index contributed by atoms with van der Waals surface area (Å²) in [4.78, 5) is 41.2. The van der Waals surface area contributed by atoms with Crippen LogP contribution in [0.15, 0.2) is 18.2 Å². The quantitative estimate of drug-likeness (QED) is 0.583. The Labute approximate surface area is 164 Å². The Morgan fingerprint density at radius 3 is 2.78 bits per heavy atom. The first kappa shape index (κ1) is 19.7. The molecule has 0 saturated carbocycles. The number of hydrogen-bond donors (Lipinski definition) is 0. The van der Waals surface area contributed by atoms with Gasteiger partial charge in [0.25, 0.3) is 0 Å². The first-order valence-electron chi connectivity index (χ1n) is 9.45. The smallest absolute Gasteiger partial charge is 0.310 e. The van der Waals surface area contributed by atoms with Gasteiger partial charge in [0, 0.05) is 30.3 Å². The summed E-state index contributed by atoms with van der Waals surface area (Å²) < 4.78 is 5.09. The maximum Gasteiger partial charge on any atom is 0.310 e. The number of likely N-dealkylation sites (tertiary alicyclic amines) is 1. The van der Waals surface area contributed by atoms with E-state index in [9.17, 15) is 14.4 Å². The lowest BCUT2D eigenvalue weighted by molar-refractivity contribution is -0.152. The van der Waals surface area contributed by atoms with E-state index in [4.69, 9.17) is 16.3 Å². The van der Waals surface area contributed by atoms with Crippen molar-refractivity contribution < 1.29 is 19.1 Å². The summed E-state index contributed by atoms with van der Waals surface area (Å²) >= 11 is 6.08. The van der Waals surface area contributed by atoms with Gasteiger partial charge in [0.1, 0.15) is 5.92 Å². The van der Waals surface area contributed by atoms with Crippen LogP contribution in [0.25, 0.3) is 0 Å². The third-order valence-corrected chi connectivity index (χ3v) is 5.55. The Kier molecular flexibility index (Phi) is 6.05. The predicted octanol–water partition coefficient (Wildman–Crippen LogP) is 2.80. The van der Waals surface area contributed by atoms with Crippen LogP contribution in [0.4, 0.5) is 5.69 Å². The van der Waals surface area contributed by atoms with Crippen molar-refractivity contribution in [3.63, 3.8) is 0 Å². The van der Waals surface area contributed by atoms with Crippen LogP contribution >= 0.6 is 11.6 Å². The third-order valence-electron chi connectivity index (χ3n) is 5.32. The number of aryl methyl sites for hydroxylation is 1. The topological polar surface area (TPSA) is 66.9 Å². The van der Waals surface area contributed by atoms with Crippen molar-refractivity contribution in [1.82, 2.24) is 4.90 Å². The number of carbonyl (C=O) groups is 3. The molecule has 2 fully saturated rings. The molecule has 1 aromatic rings. The highest BCUT2D eigenvalue weighted by Crippen LogP contribution is 2.32. The van der Waals surface area contributed by atoms with Crippen LogP contribution in [0.3, 0.4) is 0 Å². The second kappa shape index (κ2) is 8.30. The van der Waals surface area contributed by atoms with Gasteiger partial charge in [-0.3, -0.25) is 14.4 Å². The summed E-state index contributed by atoms with van der Waals surface area (Å²) in [6.07, 6.45) is 1.94. The lowest BCUT2D eigenvalue weighted by Crippen LogP contribution is -2.46. The first-order chi connectivity index (χ1) is 12.9. The van der Waals surface area contributed by atoms with Gasteiger partial charge in [0.15, 0.2) is 0 Å². The molecular formula is C20H25ClN2O4. The van der Waals surface area contributed by atoms with Crippen LogP contribution in [0.5, 0.6) is 0 Å². The van der Waals surface area contributed by atoms with Crippen molar-refractivity contribution in [3.8, 4) is 0 Å². The van der Waals surface area contributed by atoms with Crippen LogP contribution in [0.1, 0.15) is 31.7 Å². The van der Waals surface area contributed by atoms with Crippen LogP contribution < -0.4 is 4.90 Å². The average molecular weight is 393 g/mol. The molecule has 1 aromatic carbocycles. The molecule has 0 radical (unpaired) electrons. The largest absolute Gasteiger partial charge is 0.466 e. The van der Waals surface area contributed by atoms with E-state index in [-0.39, 0.29) is 23.7 Å². The second-order valence-electron chi connectivity index (χ2n) is 7.14. The van der Waals surface area contributed by atoms with Gasteiger partial charge in [-0.1, -0.05) is 17.7 Å². The van der Waals surface area contributed by atoms with E-state index in [1.807, 2.05) is 13.0 Å². The van der Waals surface area contributed by atoms with Crippen LogP contribution in [-0.4, -0.2) is 48.9 Å². The maximum absolute atomic E-state index is 13.0. The fourth-order valence-corrected chi connectivity index (χ4v) is 4.04. The Balaban J connectivity index is 1.70. The monoisotopic (exact) mass is 392 g/mol. The van der Waals surface area contributed by atoms with Crippen molar-refractivity contribution in [3.05, 3.63) is 28.8 Å². The van der Waals surface area contributed by atoms with E-state index < -0.39 is 5.92 Å². The molecule has 2 aliphatic heterocycles. The highest BCUT2D eigenvalue weighted by molar-refractivity contribution is 6.31. The van der Waals surface area contributed by atoms with E-state index in [2.05, 4.69) is 0 Å². The Bertz CT molecular complexity index is 751. The SMILES string of the molecule is CCOC(=O)C1CCCN(C(=O)C2CCN(c3cc(Cl)ccc3C)C2=O)C1. The summed E-state index contributed by atoms with van der Waals surface area (Å²) in [6.45, 7) is 5.42. The molecule has 2 atom stereocenters. The molecule has 3 rings (SSSR count). The van der Waals surface area contributed by atoms with Crippen molar-refractivity contribution in [2.75, 3.05) is 31.1 Å². The summed E-state index contributed by atoms with van der Waals surface area (Å²) in [6, 6.07) is 5.42. The molecular weight excluding hydrogens is 368 g/mol. The van der Waals surface area contributed by atoms with Crippen LogP contribution in [0, 0.1) is 18.8 Å². The van der Waals surface area contributed by atoms with Gasteiger partial charge in [-0.15, -0.1) is 0 Å². The molecule has 0 spiro atoms. The second-order valence-corrected chi connectivity index (χ2v) is 7.57. The summed E-state index contributed by atoms with van der Waals surface area (Å²) in [5.74, 6) is -1.63. The molecule has 0 aromatic heterocycles. The molecule has 2 aliphatic rings. The van der Waals surface area contributed by atoms with Gasteiger partial charge in [-0.2, -0.15) is 0 Å². The number of carbonyl (C=O) groups excluding carboxylic acids is 3. The Hall–Kier alpha value is -2.08. The van der Waals surface area contributed by atoms with E-state index in [1.54, 1.807) is 28.9 Å². The summed E-state index contributed by atoms with van der Waals surface area (Å²) in [5.41, 5.74) is 1.70. The lowest BCUT2D eigenvalue weighted by atomic mass is 9.96. The van der Waals surface area contributed by atoms with Gasteiger partial charge in [-0.25, -0.2) is 0 Å². The molecule has 7 heteroatoms. The molecule has 0 N–H and O–H groups in total. The normalized spacial score (nSPS) is 22.9. The van der Waals surface area contributed by atoms with Crippen molar-refractivity contribution in [2.24, 2.45) is 11.8 Å². The number of halogens is 1. The molecule has 2 saturated heterocycles. The maximum atomic E-state index is 13.0. The van der Waals surface area contributed by atoms with Crippen LogP contribution in [-0.2, 0) is 19.1 Å². The number of anilines is 1. The zero-order chi connectivity index (χ0) is 19.6. The number of piperidine rings is 1. The van der Waals surface area contributed by atoms with Crippen molar-refractivity contribution >= 4 is 35.1 Å². The molecule has 146 valence electrons. The number of rotatable bonds is 4. The zero-order valence-electron chi connectivity index (χ0n) is 15.7. The fraction of sp³-hybridized carbons (Fsp3) is 0.550. The average Bonchev–Trinajstić information content (AvgIpc) is 3.04. The highest BCUT2D eigenvalue weighted by Gasteiger charge is 2.41. The third kappa shape index (κ3) is 4.10. The van der Waals surface area contributed by atoms with Gasteiger partial charge in [0.2, 0.25) is 11.8 Å². The minimum absolute atomic E-state index is 0.184. The molecule has 0 bridgehead atoms. The molecule has 0 aliphatic carbocycles. The Morgan fingerprint density at radius 2 is 2.04 bits per heavy atom. The summed E-state index contributed by atoms with van der Waals surface area (Å²) in [7, 11) is 0. The molecule has 2 heterocycles. The van der Waals surface area contributed by atoms with Gasteiger partial charge < -0.3 is 14.5 Å². The van der Waals surface area contributed by atoms with E-state index in [1.165, 1.54) is 0 Å². The fourth-order valence-electron chi connectivity index (χ4n) is 3.87. The van der Waals surface area contributed by atoms with E-state index in [0.29, 0.717) is 37.7 Å². The molecule has 27 heavy (non-hydrogen) atoms. The molecule has 2 amide bonds. The van der Waals surface area contributed by atoms with Gasteiger partial charge in [-0.05, 0) is 50.8 Å². The molecule has 2 unspecified atom stereocenters. The van der Waals surface area contributed by atoms with E-state index >= 15 is 0 Å². The lowest BCUT2D eigenvalue weighted by Gasteiger charge is -2.33. The number of amides is 2. The first-order valence-corrected chi connectivity index (χ1v) is 9.83. The standard InChI is InChI=1S/C20H25ClN2O4/c1-3-27-20(26)14-5-4-9-22(12-14)18(24)16-8-10-23(19(16)25)17-11-15(21)7-6-13(17)2/h6-7,11,14,16H,3-5,8-10,12H2,1-2H3. The number of hydrogen-bond acceptors (Lipinski definition) is 4. The predicted molar refractivity (Wildman–Crippen MR) is 103 cm³/mol. The summed E-state index contributed by atoms with van der Waals surface area (Å²) in [5, 5.41) is 0.562. The van der Waals surface area contributed by atoms with Crippen molar-refractivity contribution in [1.29, 1.82) is 0 Å². The number of ether oxygens (including phenoxy) is 1.